The number of aromatic nitrogens is 3. The summed E-state index contributed by atoms with van der Waals surface area (Å²) in [5.74, 6) is 0.698. The van der Waals surface area contributed by atoms with E-state index < -0.39 is 0 Å². The van der Waals surface area contributed by atoms with Crippen LogP contribution in [0.3, 0.4) is 0 Å². The fourth-order valence-electron chi connectivity index (χ4n) is 9.42. The molecule has 0 aliphatic carbocycles. The van der Waals surface area contributed by atoms with Crippen molar-refractivity contribution >= 4 is 54.1 Å². The van der Waals surface area contributed by atoms with Crippen molar-refractivity contribution in [2.24, 2.45) is 0 Å². The first-order valence-corrected chi connectivity index (χ1v) is 20.8. The molecule has 12 aromatic rings. The highest BCUT2D eigenvalue weighted by molar-refractivity contribution is 6.28. The van der Waals surface area contributed by atoms with E-state index in [-0.39, 0.29) is 0 Å². The molecule has 0 N–H and O–H groups in total. The summed E-state index contributed by atoms with van der Waals surface area (Å²) in [7, 11) is 0. The van der Waals surface area contributed by atoms with Crippen molar-refractivity contribution in [3.8, 4) is 61.8 Å². The van der Waals surface area contributed by atoms with Gasteiger partial charge in [-0.2, -0.15) is 0 Å². The van der Waals surface area contributed by atoms with Gasteiger partial charge < -0.3 is 4.57 Å². The third-order valence-corrected chi connectivity index (χ3v) is 12.2. The zero-order valence-electron chi connectivity index (χ0n) is 33.2. The molecule has 0 radical (unpaired) electrons. The molecule has 2 heterocycles. The molecule has 0 bridgehead atoms. The van der Waals surface area contributed by atoms with Gasteiger partial charge in [0.1, 0.15) is 0 Å². The molecule has 61 heavy (non-hydrogen) atoms. The van der Waals surface area contributed by atoms with E-state index in [1.807, 2.05) is 18.2 Å². The molecule has 12 rings (SSSR count). The van der Waals surface area contributed by atoms with E-state index in [2.05, 4.69) is 211 Å². The number of nitrogens with zero attached hydrogens (tertiary/aromatic N) is 3. The monoisotopic (exact) mass is 775 g/mol. The van der Waals surface area contributed by atoms with Crippen LogP contribution >= 0.6 is 0 Å². The lowest BCUT2D eigenvalue weighted by Crippen LogP contribution is -1.96. The van der Waals surface area contributed by atoms with Crippen LogP contribution in [0, 0.1) is 0 Å². The van der Waals surface area contributed by atoms with Gasteiger partial charge >= 0.3 is 0 Å². The SMILES string of the molecule is c1ccc(-c2nc(-c3ccc(-c4c5ccccc5c(-c5ccccc5)c5c4ccc4ccccc45)cc3)cc(-c3ccc4c(c3)c3ccccc3n4-c3ccccc3)n2)cc1. The minimum Gasteiger partial charge on any atom is -0.309 e. The quantitative estimate of drug-likeness (QED) is 0.124. The number of hydrogen-bond donors (Lipinski definition) is 0. The van der Waals surface area contributed by atoms with Crippen LogP contribution in [0.15, 0.2) is 224 Å². The average Bonchev–Trinajstić information content (AvgIpc) is 3.67. The van der Waals surface area contributed by atoms with Crippen molar-refractivity contribution in [1.82, 2.24) is 14.5 Å². The first kappa shape index (κ1) is 34.9. The summed E-state index contributed by atoms with van der Waals surface area (Å²) in [6, 6.07) is 80.4. The lowest BCUT2D eigenvalue weighted by atomic mass is 9.84. The Balaban J connectivity index is 1.03. The summed E-state index contributed by atoms with van der Waals surface area (Å²) in [6.45, 7) is 0. The Morgan fingerprint density at radius 3 is 1.56 bits per heavy atom. The van der Waals surface area contributed by atoms with Crippen LogP contribution in [-0.4, -0.2) is 14.5 Å². The maximum Gasteiger partial charge on any atom is 0.160 e. The minimum absolute atomic E-state index is 0.698. The van der Waals surface area contributed by atoms with Gasteiger partial charge in [0.15, 0.2) is 5.82 Å². The van der Waals surface area contributed by atoms with E-state index in [0.717, 1.165) is 44.8 Å². The predicted octanol–water partition coefficient (Wildman–Crippen LogP) is 15.4. The maximum absolute atomic E-state index is 5.22. The van der Waals surface area contributed by atoms with Gasteiger partial charge in [0.05, 0.1) is 22.4 Å². The Bertz CT molecular complexity index is 3610. The van der Waals surface area contributed by atoms with Crippen LogP contribution in [0.1, 0.15) is 0 Å². The molecule has 0 aliphatic rings. The van der Waals surface area contributed by atoms with Crippen LogP contribution in [-0.2, 0) is 0 Å². The van der Waals surface area contributed by atoms with Crippen molar-refractivity contribution < 1.29 is 0 Å². The van der Waals surface area contributed by atoms with Crippen molar-refractivity contribution in [2.75, 3.05) is 0 Å². The molecule has 0 saturated carbocycles. The molecular weight excluding hydrogens is 739 g/mol. The highest BCUT2D eigenvalue weighted by Crippen LogP contribution is 2.46. The van der Waals surface area contributed by atoms with Gasteiger partial charge in [-0.3, -0.25) is 0 Å². The van der Waals surface area contributed by atoms with E-state index >= 15 is 0 Å². The standard InChI is InChI=1S/C58H37N3/c1-4-17-40(18-5-1)56-48-26-13-12-25-47(48)55(49-34-32-38-16-10-11-23-45(38)57(49)56)41-30-28-39(29-31-41)51-37-52(60-58(59-51)42-19-6-2-7-20-42)43-33-35-54-50(36-43)46-24-14-15-27-53(46)61(54)44-21-8-3-9-22-44/h1-37H. The summed E-state index contributed by atoms with van der Waals surface area (Å²) < 4.78 is 2.35. The Labute approximate surface area is 353 Å². The fourth-order valence-corrected chi connectivity index (χ4v) is 9.42. The van der Waals surface area contributed by atoms with Crippen LogP contribution in [0.2, 0.25) is 0 Å². The third kappa shape index (κ3) is 5.82. The lowest BCUT2D eigenvalue weighted by Gasteiger charge is -2.19. The lowest BCUT2D eigenvalue weighted by molar-refractivity contribution is 1.18. The van der Waals surface area contributed by atoms with Gasteiger partial charge in [-0.1, -0.05) is 188 Å². The van der Waals surface area contributed by atoms with Crippen LogP contribution in [0.25, 0.3) is 116 Å². The van der Waals surface area contributed by atoms with Gasteiger partial charge in [0.25, 0.3) is 0 Å². The second kappa shape index (κ2) is 14.3. The Kier molecular flexibility index (Phi) is 8.17. The Morgan fingerprint density at radius 2 is 0.820 bits per heavy atom. The third-order valence-electron chi connectivity index (χ3n) is 12.2. The molecule has 2 aromatic heterocycles. The number of hydrogen-bond acceptors (Lipinski definition) is 2. The van der Waals surface area contributed by atoms with Crippen molar-refractivity contribution in [3.05, 3.63) is 224 Å². The number of benzene rings is 10. The van der Waals surface area contributed by atoms with Crippen LogP contribution in [0.4, 0.5) is 0 Å². The molecule has 0 unspecified atom stereocenters. The molecule has 3 heteroatoms. The molecule has 0 amide bonds. The van der Waals surface area contributed by atoms with Crippen molar-refractivity contribution in [3.63, 3.8) is 0 Å². The van der Waals surface area contributed by atoms with Crippen molar-refractivity contribution in [2.45, 2.75) is 0 Å². The average molecular weight is 776 g/mol. The summed E-state index contributed by atoms with van der Waals surface area (Å²) in [5.41, 5.74) is 13.2. The summed E-state index contributed by atoms with van der Waals surface area (Å²) in [5, 5.41) is 9.88. The molecule has 0 atom stereocenters. The largest absolute Gasteiger partial charge is 0.309 e. The van der Waals surface area contributed by atoms with E-state index in [4.69, 9.17) is 9.97 Å². The number of fused-ring (bicyclic) bond motifs is 7. The molecule has 0 spiro atoms. The number of para-hydroxylation sites is 2. The molecule has 284 valence electrons. The Morgan fingerprint density at radius 1 is 0.295 bits per heavy atom. The van der Waals surface area contributed by atoms with Crippen LogP contribution < -0.4 is 0 Å². The van der Waals surface area contributed by atoms with Gasteiger partial charge in [-0.25, -0.2) is 9.97 Å². The fraction of sp³-hybridized carbons (Fsp3) is 0. The molecular formula is C58H37N3. The zero-order valence-corrected chi connectivity index (χ0v) is 33.2. The Hall–Kier alpha value is -8.14. The highest BCUT2D eigenvalue weighted by Gasteiger charge is 2.20. The van der Waals surface area contributed by atoms with Gasteiger partial charge in [-0.05, 0) is 91.0 Å². The molecule has 0 fully saturated rings. The molecule has 10 aromatic carbocycles. The minimum atomic E-state index is 0.698. The van der Waals surface area contributed by atoms with Gasteiger partial charge in [0.2, 0.25) is 0 Å². The van der Waals surface area contributed by atoms with E-state index in [1.54, 1.807) is 0 Å². The first-order chi connectivity index (χ1) is 30.3. The van der Waals surface area contributed by atoms with Crippen molar-refractivity contribution in [1.29, 1.82) is 0 Å². The van der Waals surface area contributed by atoms with Crippen LogP contribution in [0.5, 0.6) is 0 Å². The second-order valence-corrected chi connectivity index (χ2v) is 15.7. The van der Waals surface area contributed by atoms with Gasteiger partial charge in [-0.15, -0.1) is 0 Å². The predicted molar refractivity (Wildman–Crippen MR) is 256 cm³/mol. The second-order valence-electron chi connectivity index (χ2n) is 15.7. The van der Waals surface area contributed by atoms with Gasteiger partial charge in [0, 0.05) is 33.2 Å². The molecule has 0 aliphatic heterocycles. The molecule has 0 saturated heterocycles. The zero-order chi connectivity index (χ0) is 40.3. The van der Waals surface area contributed by atoms with E-state index in [9.17, 15) is 0 Å². The number of rotatable bonds is 6. The molecule has 3 nitrogen and oxygen atoms in total. The normalized spacial score (nSPS) is 11.6. The summed E-state index contributed by atoms with van der Waals surface area (Å²) in [6.07, 6.45) is 0. The topological polar surface area (TPSA) is 30.7 Å². The summed E-state index contributed by atoms with van der Waals surface area (Å²) in [4.78, 5) is 10.4. The highest BCUT2D eigenvalue weighted by atomic mass is 15.0. The smallest absolute Gasteiger partial charge is 0.160 e. The van der Waals surface area contributed by atoms with E-state index in [0.29, 0.717) is 5.82 Å². The van der Waals surface area contributed by atoms with E-state index in [1.165, 1.54) is 65.3 Å². The first-order valence-electron chi connectivity index (χ1n) is 20.8. The summed E-state index contributed by atoms with van der Waals surface area (Å²) >= 11 is 0. The maximum atomic E-state index is 5.22.